The number of aryl methyl sites for hydroxylation is 1. The van der Waals surface area contributed by atoms with E-state index in [2.05, 4.69) is 0 Å². The van der Waals surface area contributed by atoms with Crippen LogP contribution in [0.5, 0.6) is 5.75 Å². The Hall–Kier alpha value is -2.07. The van der Waals surface area contributed by atoms with Gasteiger partial charge in [0.25, 0.3) is 0 Å². The summed E-state index contributed by atoms with van der Waals surface area (Å²) < 4.78 is 53.9. The van der Waals surface area contributed by atoms with E-state index in [0.29, 0.717) is 12.8 Å². The Kier molecular flexibility index (Phi) is 5.60. The molecule has 2 aliphatic carbocycles. The number of carbonyl (C=O) groups is 2. The number of nitrogens with zero attached hydrogens (tertiary/aromatic N) is 1. The van der Waals surface area contributed by atoms with E-state index < -0.39 is 28.1 Å². The molecule has 0 spiro atoms. The number of likely N-dealkylation sites (tertiary alicyclic amines) is 1. The molecule has 2 fully saturated rings. The summed E-state index contributed by atoms with van der Waals surface area (Å²) in [4.78, 5) is 27.1. The Balaban J connectivity index is 1.57. The molecule has 3 aliphatic rings. The van der Waals surface area contributed by atoms with Crippen LogP contribution in [0.3, 0.4) is 0 Å². The first-order valence-electron chi connectivity index (χ1n) is 10.9. The van der Waals surface area contributed by atoms with Crippen molar-refractivity contribution in [3.63, 3.8) is 0 Å². The van der Waals surface area contributed by atoms with Gasteiger partial charge in [-0.1, -0.05) is 13.0 Å². The minimum absolute atomic E-state index is 0.119. The number of hydrogen-bond donors (Lipinski definition) is 1. The summed E-state index contributed by atoms with van der Waals surface area (Å²) in [7, 11) is -4.11. The molecule has 2 N–H and O–H groups in total. The van der Waals surface area contributed by atoms with Crippen LogP contribution in [0, 0.1) is 17.3 Å². The van der Waals surface area contributed by atoms with Crippen molar-refractivity contribution in [1.29, 1.82) is 0 Å². The van der Waals surface area contributed by atoms with Gasteiger partial charge in [-0.3, -0.25) is 14.5 Å². The van der Waals surface area contributed by atoms with Gasteiger partial charge in [0.15, 0.2) is 0 Å². The van der Waals surface area contributed by atoms with Gasteiger partial charge in [0.05, 0.1) is 5.41 Å². The van der Waals surface area contributed by atoms with Gasteiger partial charge in [0, 0.05) is 19.4 Å². The van der Waals surface area contributed by atoms with Gasteiger partial charge in [-0.2, -0.15) is 13.6 Å². The number of fused-ring (bicyclic) bond motifs is 5. The predicted octanol–water partition coefficient (Wildman–Crippen LogP) is 3.14. The molecule has 32 heavy (non-hydrogen) atoms. The lowest BCUT2D eigenvalue weighted by molar-refractivity contribution is -0.168. The van der Waals surface area contributed by atoms with Gasteiger partial charge in [-0.15, -0.1) is 0 Å². The summed E-state index contributed by atoms with van der Waals surface area (Å²) in [5.41, 5.74) is 1.32. The minimum Gasteiger partial charge on any atom is -0.371 e. The molecule has 1 aromatic carbocycles. The molecule has 3 unspecified atom stereocenters. The molecule has 7 nitrogen and oxygen atoms in total. The fraction of sp³-hybridized carbons (Fsp3) is 0.636. The van der Waals surface area contributed by atoms with Gasteiger partial charge in [0.1, 0.15) is 5.75 Å². The highest BCUT2D eigenvalue weighted by Crippen LogP contribution is 2.58. The third-order valence-electron chi connectivity index (χ3n) is 7.50. The van der Waals surface area contributed by atoms with E-state index in [0.717, 1.165) is 35.8 Å². The first-order chi connectivity index (χ1) is 14.8. The van der Waals surface area contributed by atoms with Crippen molar-refractivity contribution in [3.05, 3.63) is 29.3 Å². The molecule has 0 aromatic heterocycles. The standard InChI is InChI=1S/C22H28F2N2O5S/c1-21-8-7-16-15-6-4-14(31-32(25,29)30)11-13(15)3-5-17(16)18(21)12-19(27)26(20(21)28)10-9-22(2,23)24/h4,6,11,16-18H,3,5,7-10,12H2,1-2H3,(H2,25,29,30)/t16?,17?,18?,21-/m0/s1. The topological polar surface area (TPSA) is 107 Å². The molecule has 1 heterocycles. The largest absolute Gasteiger partial charge is 0.380 e. The zero-order valence-corrected chi connectivity index (χ0v) is 19.0. The normalized spacial score (nSPS) is 30.4. The maximum atomic E-state index is 13.3. The van der Waals surface area contributed by atoms with E-state index in [4.69, 9.17) is 9.32 Å². The van der Waals surface area contributed by atoms with Crippen molar-refractivity contribution in [1.82, 2.24) is 4.90 Å². The zero-order chi connectivity index (χ0) is 23.5. The molecule has 4 atom stereocenters. The number of amides is 2. The first-order valence-corrected chi connectivity index (χ1v) is 12.3. The average Bonchev–Trinajstić information content (AvgIpc) is 2.66. The van der Waals surface area contributed by atoms with E-state index in [1.807, 2.05) is 13.0 Å². The molecule has 10 heteroatoms. The number of alkyl halides is 2. The number of piperidine rings is 1. The van der Waals surface area contributed by atoms with Crippen LogP contribution in [0.1, 0.15) is 63.0 Å². The Bertz CT molecular complexity index is 1050. The maximum absolute atomic E-state index is 13.3. The van der Waals surface area contributed by atoms with Gasteiger partial charge in [0.2, 0.25) is 17.7 Å². The van der Waals surface area contributed by atoms with Crippen LogP contribution in [0.4, 0.5) is 8.78 Å². The smallest absolute Gasteiger partial charge is 0.371 e. The number of hydrogen-bond acceptors (Lipinski definition) is 5. The third-order valence-corrected chi connectivity index (χ3v) is 7.93. The van der Waals surface area contributed by atoms with Crippen LogP contribution in [-0.2, 0) is 26.3 Å². The molecule has 1 aliphatic heterocycles. The summed E-state index contributed by atoms with van der Waals surface area (Å²) in [5, 5.41) is 4.96. The second-order valence-electron chi connectivity index (χ2n) is 9.68. The van der Waals surface area contributed by atoms with Crippen LogP contribution in [0.25, 0.3) is 0 Å². The summed E-state index contributed by atoms with van der Waals surface area (Å²) in [5.74, 6) is -3.35. The number of benzene rings is 1. The van der Waals surface area contributed by atoms with Gasteiger partial charge in [-0.25, -0.2) is 8.78 Å². The Morgan fingerprint density at radius 3 is 2.66 bits per heavy atom. The van der Waals surface area contributed by atoms with Crippen molar-refractivity contribution in [2.45, 2.75) is 64.2 Å². The van der Waals surface area contributed by atoms with Crippen molar-refractivity contribution in [2.24, 2.45) is 22.4 Å². The monoisotopic (exact) mass is 470 g/mol. The Labute approximate surface area is 186 Å². The van der Waals surface area contributed by atoms with E-state index >= 15 is 0 Å². The summed E-state index contributed by atoms with van der Waals surface area (Å²) >= 11 is 0. The molecule has 176 valence electrons. The van der Waals surface area contributed by atoms with Crippen LogP contribution >= 0.6 is 0 Å². The molecule has 1 saturated carbocycles. The van der Waals surface area contributed by atoms with E-state index in [-0.39, 0.29) is 48.3 Å². The number of imide groups is 1. The molecule has 1 aromatic rings. The highest BCUT2D eigenvalue weighted by molar-refractivity contribution is 7.84. The summed E-state index contributed by atoms with van der Waals surface area (Å²) in [6.07, 6.45) is 2.37. The van der Waals surface area contributed by atoms with Crippen LogP contribution < -0.4 is 9.32 Å². The molecule has 0 radical (unpaired) electrons. The molecule has 0 bridgehead atoms. The van der Waals surface area contributed by atoms with Gasteiger partial charge in [-0.05, 0) is 73.6 Å². The highest BCUT2D eigenvalue weighted by Gasteiger charge is 2.57. The molecular weight excluding hydrogens is 442 g/mol. The fourth-order valence-corrected chi connectivity index (χ4v) is 6.33. The molecule has 2 amide bonds. The fourth-order valence-electron chi connectivity index (χ4n) is 5.96. The van der Waals surface area contributed by atoms with E-state index in [1.165, 1.54) is 0 Å². The highest BCUT2D eigenvalue weighted by atomic mass is 32.2. The lowest BCUT2D eigenvalue weighted by Crippen LogP contribution is -2.59. The van der Waals surface area contributed by atoms with Crippen molar-refractivity contribution in [3.8, 4) is 5.75 Å². The maximum Gasteiger partial charge on any atom is 0.380 e. The number of halogens is 2. The second-order valence-corrected chi connectivity index (χ2v) is 10.8. The van der Waals surface area contributed by atoms with Crippen LogP contribution in [-0.4, -0.2) is 37.6 Å². The van der Waals surface area contributed by atoms with Gasteiger partial charge < -0.3 is 4.18 Å². The van der Waals surface area contributed by atoms with E-state index in [9.17, 15) is 26.8 Å². The number of carbonyl (C=O) groups excluding carboxylic acids is 2. The number of rotatable bonds is 5. The second kappa shape index (κ2) is 7.76. The van der Waals surface area contributed by atoms with Crippen molar-refractivity contribution < 1.29 is 31.0 Å². The number of nitrogens with two attached hydrogens (primary N) is 1. The SMILES string of the molecule is CC(F)(F)CCN1C(=O)CC2C3CCc4cc(OS(N)(=O)=O)ccc4C3CC[C@]2(C)C1=O. The lowest BCUT2D eigenvalue weighted by Gasteiger charge is -2.54. The molecule has 4 rings (SSSR count). The zero-order valence-electron chi connectivity index (χ0n) is 18.1. The van der Waals surface area contributed by atoms with Crippen molar-refractivity contribution >= 4 is 22.1 Å². The predicted molar refractivity (Wildman–Crippen MR) is 112 cm³/mol. The van der Waals surface area contributed by atoms with Gasteiger partial charge >= 0.3 is 10.3 Å². The Morgan fingerprint density at radius 2 is 2.00 bits per heavy atom. The lowest BCUT2D eigenvalue weighted by atomic mass is 9.52. The first kappa shape index (κ1) is 23.1. The van der Waals surface area contributed by atoms with Crippen LogP contribution in [0.15, 0.2) is 18.2 Å². The van der Waals surface area contributed by atoms with Crippen molar-refractivity contribution in [2.75, 3.05) is 6.54 Å². The summed E-state index contributed by atoms with van der Waals surface area (Å²) in [6, 6.07) is 5.11. The summed E-state index contributed by atoms with van der Waals surface area (Å²) in [6.45, 7) is 2.41. The van der Waals surface area contributed by atoms with E-state index in [1.54, 1.807) is 12.1 Å². The third kappa shape index (κ3) is 4.26. The molecule has 1 saturated heterocycles. The quantitative estimate of drug-likeness (QED) is 0.666. The molecular formula is C22H28F2N2O5S. The van der Waals surface area contributed by atoms with Crippen LogP contribution in [0.2, 0.25) is 0 Å². The average molecular weight is 471 g/mol. The minimum atomic E-state index is -4.11. The Morgan fingerprint density at radius 1 is 1.28 bits per heavy atom.